The van der Waals surface area contributed by atoms with Crippen LogP contribution in [0.3, 0.4) is 0 Å². The van der Waals surface area contributed by atoms with Gasteiger partial charge in [-0.05, 0) is 48.2 Å². The van der Waals surface area contributed by atoms with Crippen LogP contribution in [0.4, 0.5) is 4.39 Å². The van der Waals surface area contributed by atoms with Gasteiger partial charge >= 0.3 is 0 Å². The highest BCUT2D eigenvalue weighted by molar-refractivity contribution is 9.09. The molecule has 0 amide bonds. The maximum Gasteiger partial charge on any atom is 0.123 e. The van der Waals surface area contributed by atoms with Gasteiger partial charge in [-0.3, -0.25) is 0 Å². The first kappa shape index (κ1) is 13.6. The number of rotatable bonds is 3. The lowest BCUT2D eigenvalue weighted by Crippen LogP contribution is -1.97. The average molecular weight is 328 g/mol. The molecule has 0 fully saturated rings. The van der Waals surface area contributed by atoms with Crippen molar-refractivity contribution in [2.24, 2.45) is 0 Å². The van der Waals surface area contributed by atoms with E-state index in [2.05, 4.69) is 15.9 Å². The summed E-state index contributed by atoms with van der Waals surface area (Å²) in [5.74, 6) is -0.210. The van der Waals surface area contributed by atoms with Crippen molar-refractivity contribution in [2.45, 2.75) is 18.2 Å². The number of hydrogen-bond donors (Lipinski definition) is 0. The molecule has 0 aliphatic rings. The summed E-state index contributed by atoms with van der Waals surface area (Å²) < 4.78 is 12.8. The average Bonchev–Trinajstić information content (AvgIpc) is 2.32. The molecule has 0 aliphatic heterocycles. The van der Waals surface area contributed by atoms with Gasteiger partial charge in [-0.2, -0.15) is 0 Å². The van der Waals surface area contributed by atoms with Crippen molar-refractivity contribution in [1.82, 2.24) is 0 Å². The zero-order valence-corrected chi connectivity index (χ0v) is 12.3. The van der Waals surface area contributed by atoms with Crippen LogP contribution in [-0.2, 0) is 6.42 Å². The van der Waals surface area contributed by atoms with E-state index in [1.165, 1.54) is 12.1 Å². The van der Waals surface area contributed by atoms with Crippen LogP contribution in [0.2, 0.25) is 5.02 Å². The number of benzene rings is 2. The molecule has 0 saturated heterocycles. The lowest BCUT2D eigenvalue weighted by atomic mass is 10.0. The van der Waals surface area contributed by atoms with Gasteiger partial charge in [0, 0.05) is 9.85 Å². The zero-order chi connectivity index (χ0) is 13.1. The highest BCUT2D eigenvalue weighted by Crippen LogP contribution is 2.32. The van der Waals surface area contributed by atoms with Gasteiger partial charge in [0.1, 0.15) is 5.82 Å². The van der Waals surface area contributed by atoms with Crippen LogP contribution in [-0.4, -0.2) is 0 Å². The monoisotopic (exact) mass is 326 g/mol. The van der Waals surface area contributed by atoms with Crippen LogP contribution in [0.1, 0.15) is 21.5 Å². The normalized spacial score (nSPS) is 12.4. The first-order valence-corrected chi connectivity index (χ1v) is 7.00. The SMILES string of the molecule is Cc1ccc(C(Br)Cc2ccc(F)cc2)c(Cl)c1. The number of hydrogen-bond acceptors (Lipinski definition) is 0. The van der Waals surface area contributed by atoms with Gasteiger partial charge in [0.05, 0.1) is 0 Å². The van der Waals surface area contributed by atoms with E-state index in [9.17, 15) is 4.39 Å². The molecule has 0 N–H and O–H groups in total. The minimum absolute atomic E-state index is 0.135. The summed E-state index contributed by atoms with van der Waals surface area (Å²) in [6.45, 7) is 2.01. The number of aryl methyl sites for hydroxylation is 1. The molecule has 0 aliphatic carbocycles. The fourth-order valence-corrected chi connectivity index (χ4v) is 3.10. The van der Waals surface area contributed by atoms with E-state index in [0.29, 0.717) is 0 Å². The van der Waals surface area contributed by atoms with Crippen molar-refractivity contribution in [3.63, 3.8) is 0 Å². The molecular weight excluding hydrogens is 315 g/mol. The molecule has 3 heteroatoms. The number of alkyl halides is 1. The van der Waals surface area contributed by atoms with Crippen LogP contribution in [0.25, 0.3) is 0 Å². The Labute approximate surface area is 120 Å². The molecule has 18 heavy (non-hydrogen) atoms. The first-order chi connectivity index (χ1) is 8.56. The predicted molar refractivity (Wildman–Crippen MR) is 78.0 cm³/mol. The fraction of sp³-hybridized carbons (Fsp3) is 0.200. The Hall–Kier alpha value is -0.860. The molecule has 2 rings (SSSR count). The molecule has 1 atom stereocenters. The van der Waals surface area contributed by atoms with E-state index in [4.69, 9.17) is 11.6 Å². The van der Waals surface area contributed by atoms with Crippen molar-refractivity contribution in [3.8, 4) is 0 Å². The Kier molecular flexibility index (Phi) is 4.41. The molecule has 0 radical (unpaired) electrons. The molecule has 0 nitrogen and oxygen atoms in total. The lowest BCUT2D eigenvalue weighted by Gasteiger charge is -2.12. The van der Waals surface area contributed by atoms with Crippen molar-refractivity contribution in [3.05, 3.63) is 70.0 Å². The Morgan fingerprint density at radius 3 is 2.44 bits per heavy atom. The van der Waals surface area contributed by atoms with Gasteiger partial charge in [0.2, 0.25) is 0 Å². The largest absolute Gasteiger partial charge is 0.207 e. The smallest absolute Gasteiger partial charge is 0.123 e. The van der Waals surface area contributed by atoms with Gasteiger partial charge in [0.25, 0.3) is 0 Å². The van der Waals surface area contributed by atoms with Crippen LogP contribution >= 0.6 is 27.5 Å². The van der Waals surface area contributed by atoms with Gasteiger partial charge in [-0.15, -0.1) is 0 Å². The Morgan fingerprint density at radius 1 is 1.17 bits per heavy atom. The fourth-order valence-electron chi connectivity index (χ4n) is 1.82. The Morgan fingerprint density at radius 2 is 1.83 bits per heavy atom. The summed E-state index contributed by atoms with van der Waals surface area (Å²) in [6, 6.07) is 12.6. The van der Waals surface area contributed by atoms with Crippen molar-refractivity contribution < 1.29 is 4.39 Å². The molecule has 0 aromatic heterocycles. The molecule has 94 valence electrons. The quantitative estimate of drug-likeness (QED) is 0.656. The van der Waals surface area contributed by atoms with Gasteiger partial charge in [-0.25, -0.2) is 4.39 Å². The van der Waals surface area contributed by atoms with Crippen LogP contribution in [0.5, 0.6) is 0 Å². The number of halogens is 3. The van der Waals surface area contributed by atoms with Crippen molar-refractivity contribution in [1.29, 1.82) is 0 Å². The Bertz CT molecular complexity index is 537. The van der Waals surface area contributed by atoms with Crippen LogP contribution in [0.15, 0.2) is 42.5 Å². The molecule has 0 spiro atoms. The minimum Gasteiger partial charge on any atom is -0.207 e. The summed E-state index contributed by atoms with van der Waals surface area (Å²) in [6.07, 6.45) is 0.781. The summed E-state index contributed by atoms with van der Waals surface area (Å²) >= 11 is 9.86. The predicted octanol–water partition coefficient (Wildman–Crippen LogP) is 5.47. The van der Waals surface area contributed by atoms with Gasteiger partial charge in [-0.1, -0.05) is 51.8 Å². The molecule has 0 heterocycles. The third kappa shape index (κ3) is 3.33. The third-order valence-electron chi connectivity index (χ3n) is 2.82. The van der Waals surface area contributed by atoms with Gasteiger partial charge in [0.15, 0.2) is 0 Å². The van der Waals surface area contributed by atoms with E-state index >= 15 is 0 Å². The standard InChI is InChI=1S/C15H13BrClF/c1-10-2-7-13(15(17)8-10)14(16)9-11-3-5-12(18)6-4-11/h2-8,14H,9H2,1H3. The molecule has 1 unspecified atom stereocenters. The van der Waals surface area contributed by atoms with Crippen LogP contribution in [0, 0.1) is 12.7 Å². The summed E-state index contributed by atoms with van der Waals surface area (Å²) in [5, 5.41) is 0.763. The first-order valence-electron chi connectivity index (χ1n) is 5.71. The second kappa shape index (κ2) is 5.85. The summed E-state index contributed by atoms with van der Waals surface area (Å²) in [4.78, 5) is 0.135. The molecule has 0 saturated carbocycles. The minimum atomic E-state index is -0.210. The highest BCUT2D eigenvalue weighted by Gasteiger charge is 2.12. The third-order valence-corrected chi connectivity index (χ3v) is 3.97. The molecular formula is C15H13BrClF. The maximum atomic E-state index is 12.8. The van der Waals surface area contributed by atoms with E-state index in [0.717, 1.165) is 28.1 Å². The Balaban J connectivity index is 2.16. The van der Waals surface area contributed by atoms with Gasteiger partial charge < -0.3 is 0 Å². The van der Waals surface area contributed by atoms with Crippen molar-refractivity contribution >= 4 is 27.5 Å². The molecule has 2 aromatic rings. The van der Waals surface area contributed by atoms with E-state index < -0.39 is 0 Å². The zero-order valence-electron chi connectivity index (χ0n) is 9.96. The maximum absolute atomic E-state index is 12.8. The van der Waals surface area contributed by atoms with E-state index in [1.807, 2.05) is 25.1 Å². The second-order valence-electron chi connectivity index (χ2n) is 4.32. The van der Waals surface area contributed by atoms with Crippen molar-refractivity contribution in [2.75, 3.05) is 0 Å². The second-order valence-corrected chi connectivity index (χ2v) is 5.84. The topological polar surface area (TPSA) is 0 Å². The summed E-state index contributed by atoms with van der Waals surface area (Å²) in [7, 11) is 0. The molecule has 0 bridgehead atoms. The molecule has 2 aromatic carbocycles. The van der Waals surface area contributed by atoms with E-state index in [-0.39, 0.29) is 10.6 Å². The van der Waals surface area contributed by atoms with Crippen LogP contribution < -0.4 is 0 Å². The highest BCUT2D eigenvalue weighted by atomic mass is 79.9. The lowest BCUT2D eigenvalue weighted by molar-refractivity contribution is 0.627. The van der Waals surface area contributed by atoms with E-state index in [1.54, 1.807) is 12.1 Å². The summed E-state index contributed by atoms with van der Waals surface area (Å²) in [5.41, 5.74) is 3.28.